The van der Waals surface area contributed by atoms with Crippen molar-refractivity contribution in [2.45, 2.75) is 20.1 Å². The van der Waals surface area contributed by atoms with Crippen LogP contribution < -0.4 is 10.1 Å². The van der Waals surface area contributed by atoms with E-state index >= 15 is 0 Å². The summed E-state index contributed by atoms with van der Waals surface area (Å²) in [6.45, 7) is 2.31. The molecule has 3 aromatic rings. The number of ether oxygens (including phenoxy) is 1. The van der Waals surface area contributed by atoms with E-state index in [4.69, 9.17) is 9.26 Å². The van der Waals surface area contributed by atoms with Gasteiger partial charge in [-0.15, -0.1) is 0 Å². The molecule has 0 bridgehead atoms. The second-order valence-electron chi connectivity index (χ2n) is 5.05. The number of amides is 1. The van der Waals surface area contributed by atoms with Crippen LogP contribution >= 0.6 is 0 Å². The van der Waals surface area contributed by atoms with Gasteiger partial charge in [-0.1, -0.05) is 11.2 Å². The van der Waals surface area contributed by atoms with Crippen LogP contribution in [0.1, 0.15) is 27.8 Å². The fourth-order valence-corrected chi connectivity index (χ4v) is 2.03. The Morgan fingerprint density at radius 1 is 1.21 bits per heavy atom. The van der Waals surface area contributed by atoms with E-state index in [0.717, 1.165) is 5.69 Å². The fourth-order valence-electron chi connectivity index (χ4n) is 2.03. The maximum atomic E-state index is 12.1. The minimum Gasteiger partial charge on any atom is -0.485 e. The zero-order valence-corrected chi connectivity index (χ0v) is 13.1. The first-order valence-corrected chi connectivity index (χ1v) is 7.41. The summed E-state index contributed by atoms with van der Waals surface area (Å²) in [4.78, 5) is 20.3. The van der Waals surface area contributed by atoms with Crippen LogP contribution in [0.5, 0.6) is 5.75 Å². The third-order valence-corrected chi connectivity index (χ3v) is 3.21. The van der Waals surface area contributed by atoms with Crippen molar-refractivity contribution in [2.75, 3.05) is 0 Å². The minimum atomic E-state index is -0.166. The highest BCUT2D eigenvalue weighted by Gasteiger charge is 2.07. The van der Waals surface area contributed by atoms with Crippen molar-refractivity contribution in [2.24, 2.45) is 0 Å². The lowest BCUT2D eigenvalue weighted by Gasteiger charge is -2.06. The normalized spacial score (nSPS) is 10.4. The Kier molecular flexibility index (Phi) is 4.81. The molecule has 0 atom stereocenters. The van der Waals surface area contributed by atoms with E-state index in [0.29, 0.717) is 29.6 Å². The number of carbonyl (C=O) groups is 1. The molecule has 0 unspecified atom stereocenters. The molecule has 0 aliphatic rings. The van der Waals surface area contributed by atoms with Gasteiger partial charge in [0.25, 0.3) is 5.91 Å². The largest absolute Gasteiger partial charge is 0.485 e. The molecule has 0 aliphatic heterocycles. The van der Waals surface area contributed by atoms with E-state index in [1.165, 1.54) is 0 Å². The molecule has 24 heavy (non-hydrogen) atoms. The first-order chi connectivity index (χ1) is 11.7. The molecule has 0 aliphatic carbocycles. The number of rotatable bonds is 6. The van der Waals surface area contributed by atoms with E-state index in [1.54, 1.807) is 37.4 Å². The van der Waals surface area contributed by atoms with Crippen molar-refractivity contribution in [3.05, 3.63) is 71.6 Å². The van der Waals surface area contributed by atoms with Gasteiger partial charge in [-0.3, -0.25) is 9.78 Å². The summed E-state index contributed by atoms with van der Waals surface area (Å²) in [5.74, 6) is 1.43. The van der Waals surface area contributed by atoms with Crippen LogP contribution in [0.3, 0.4) is 0 Å². The van der Waals surface area contributed by atoms with Crippen LogP contribution in [0.15, 0.2) is 53.2 Å². The van der Waals surface area contributed by atoms with Crippen molar-refractivity contribution >= 4 is 5.91 Å². The molecule has 0 saturated heterocycles. The summed E-state index contributed by atoms with van der Waals surface area (Å²) in [5.41, 5.74) is 1.36. The number of benzene rings is 1. The Morgan fingerprint density at radius 3 is 2.71 bits per heavy atom. The van der Waals surface area contributed by atoms with Crippen molar-refractivity contribution in [3.8, 4) is 5.75 Å². The zero-order chi connectivity index (χ0) is 16.8. The number of carbonyl (C=O) groups excluding carboxylic acids is 1. The second kappa shape index (κ2) is 7.36. The Balaban J connectivity index is 1.52. The molecule has 0 spiro atoms. The molecule has 0 saturated carbocycles. The Hall–Kier alpha value is -3.22. The molecule has 3 rings (SSSR count). The summed E-state index contributed by atoms with van der Waals surface area (Å²) in [6, 6.07) is 12.4. The van der Waals surface area contributed by atoms with Gasteiger partial charge in [-0.25, -0.2) is 0 Å². The summed E-state index contributed by atoms with van der Waals surface area (Å²) >= 11 is 0. The molecule has 1 aromatic carbocycles. The van der Waals surface area contributed by atoms with Gasteiger partial charge in [-0.05, 0) is 36.4 Å². The summed E-state index contributed by atoms with van der Waals surface area (Å²) < 4.78 is 10.4. The topological polar surface area (TPSA) is 90.1 Å². The average molecular weight is 324 g/mol. The van der Waals surface area contributed by atoms with Crippen molar-refractivity contribution in [1.82, 2.24) is 20.4 Å². The van der Waals surface area contributed by atoms with E-state index in [9.17, 15) is 4.79 Å². The third-order valence-electron chi connectivity index (χ3n) is 3.21. The summed E-state index contributed by atoms with van der Waals surface area (Å²) in [6.07, 6.45) is 1.69. The average Bonchev–Trinajstić information content (AvgIpc) is 3.04. The number of pyridine rings is 1. The van der Waals surface area contributed by atoms with Gasteiger partial charge in [0.1, 0.15) is 5.75 Å². The first kappa shape index (κ1) is 15.7. The lowest BCUT2D eigenvalue weighted by atomic mass is 10.2. The minimum absolute atomic E-state index is 0.166. The molecule has 0 fully saturated rings. The van der Waals surface area contributed by atoms with Gasteiger partial charge >= 0.3 is 0 Å². The van der Waals surface area contributed by atoms with E-state index < -0.39 is 0 Å². The van der Waals surface area contributed by atoms with Crippen LogP contribution in [0.2, 0.25) is 0 Å². The molecule has 1 amide bonds. The number of nitrogens with zero attached hydrogens (tertiary/aromatic N) is 3. The molecule has 0 radical (unpaired) electrons. The van der Waals surface area contributed by atoms with Gasteiger partial charge in [0.2, 0.25) is 11.7 Å². The molecule has 7 nitrogen and oxygen atoms in total. The SMILES string of the molecule is Cc1nc(COc2ccc(C(=O)NCc3ccccn3)cc2)no1. The number of aromatic nitrogens is 3. The van der Waals surface area contributed by atoms with Gasteiger partial charge < -0.3 is 14.6 Å². The van der Waals surface area contributed by atoms with Crippen LogP contribution in [-0.4, -0.2) is 21.0 Å². The smallest absolute Gasteiger partial charge is 0.251 e. The van der Waals surface area contributed by atoms with E-state index in [2.05, 4.69) is 20.4 Å². The summed E-state index contributed by atoms with van der Waals surface area (Å²) in [7, 11) is 0. The van der Waals surface area contributed by atoms with Crippen LogP contribution in [-0.2, 0) is 13.2 Å². The third kappa shape index (κ3) is 4.16. The van der Waals surface area contributed by atoms with E-state index in [1.807, 2.05) is 18.2 Å². The molecular weight excluding hydrogens is 308 g/mol. The quantitative estimate of drug-likeness (QED) is 0.748. The lowest BCUT2D eigenvalue weighted by molar-refractivity contribution is 0.0950. The van der Waals surface area contributed by atoms with E-state index in [-0.39, 0.29) is 12.5 Å². The highest BCUT2D eigenvalue weighted by Crippen LogP contribution is 2.13. The van der Waals surface area contributed by atoms with Crippen molar-refractivity contribution < 1.29 is 14.1 Å². The predicted octanol–water partition coefficient (Wildman–Crippen LogP) is 2.28. The molecule has 7 heteroatoms. The maximum Gasteiger partial charge on any atom is 0.251 e. The Morgan fingerprint density at radius 2 is 2.04 bits per heavy atom. The van der Waals surface area contributed by atoms with Crippen LogP contribution in [0.4, 0.5) is 0 Å². The lowest BCUT2D eigenvalue weighted by Crippen LogP contribution is -2.23. The second-order valence-corrected chi connectivity index (χ2v) is 5.05. The number of nitrogens with one attached hydrogen (secondary N) is 1. The molecule has 122 valence electrons. The molecule has 2 aromatic heterocycles. The van der Waals surface area contributed by atoms with Gasteiger partial charge in [0.05, 0.1) is 12.2 Å². The molecule has 2 heterocycles. The van der Waals surface area contributed by atoms with Crippen LogP contribution in [0.25, 0.3) is 0 Å². The Bertz CT molecular complexity index is 800. The molecule has 1 N–H and O–H groups in total. The zero-order valence-electron chi connectivity index (χ0n) is 13.1. The van der Waals surface area contributed by atoms with Gasteiger partial charge in [0.15, 0.2) is 6.61 Å². The van der Waals surface area contributed by atoms with Crippen molar-refractivity contribution in [1.29, 1.82) is 0 Å². The standard InChI is InChI=1S/C17H16N4O3/c1-12-20-16(21-24-12)11-23-15-7-5-13(6-8-15)17(22)19-10-14-4-2-3-9-18-14/h2-9H,10-11H2,1H3,(H,19,22). The molecular formula is C17H16N4O3. The first-order valence-electron chi connectivity index (χ1n) is 7.41. The van der Waals surface area contributed by atoms with Gasteiger partial charge in [-0.2, -0.15) is 4.98 Å². The van der Waals surface area contributed by atoms with Crippen molar-refractivity contribution in [3.63, 3.8) is 0 Å². The predicted molar refractivity (Wildman–Crippen MR) is 85.2 cm³/mol. The number of hydrogen-bond acceptors (Lipinski definition) is 6. The van der Waals surface area contributed by atoms with Crippen LogP contribution in [0, 0.1) is 6.92 Å². The summed E-state index contributed by atoms with van der Waals surface area (Å²) in [5, 5.41) is 6.57. The van der Waals surface area contributed by atoms with Gasteiger partial charge in [0, 0.05) is 18.7 Å². The highest BCUT2D eigenvalue weighted by molar-refractivity contribution is 5.94. The number of aryl methyl sites for hydroxylation is 1. The Labute approximate surface area is 138 Å². The monoisotopic (exact) mass is 324 g/mol. The number of hydrogen-bond donors (Lipinski definition) is 1. The maximum absolute atomic E-state index is 12.1. The highest BCUT2D eigenvalue weighted by atomic mass is 16.5. The fraction of sp³-hybridized carbons (Fsp3) is 0.176.